The average molecular weight is 304 g/mol. The van der Waals surface area contributed by atoms with Crippen LogP contribution in [0.15, 0.2) is 24.5 Å². The zero-order valence-electron chi connectivity index (χ0n) is 12.4. The van der Waals surface area contributed by atoms with Gasteiger partial charge >= 0.3 is 0 Å². The second-order valence-corrected chi connectivity index (χ2v) is 5.36. The Labute approximate surface area is 128 Å². The summed E-state index contributed by atoms with van der Waals surface area (Å²) >= 11 is 6.11. The summed E-state index contributed by atoms with van der Waals surface area (Å²) in [5.74, 6) is 1.24. The number of aryl methyl sites for hydroxylation is 2. The van der Waals surface area contributed by atoms with Crippen molar-refractivity contribution in [3.8, 4) is 0 Å². The molecule has 0 aliphatic heterocycles. The lowest BCUT2D eigenvalue weighted by molar-refractivity contribution is 0.605. The number of alkyl halides is 1. The van der Waals surface area contributed by atoms with Crippen molar-refractivity contribution in [2.24, 2.45) is 7.05 Å². The van der Waals surface area contributed by atoms with Gasteiger partial charge in [-0.05, 0) is 25.0 Å². The van der Waals surface area contributed by atoms with Gasteiger partial charge in [-0.1, -0.05) is 13.0 Å². The predicted octanol–water partition coefficient (Wildman–Crippen LogP) is 3.08. The van der Waals surface area contributed by atoms with Crippen LogP contribution in [-0.2, 0) is 19.3 Å². The highest BCUT2D eigenvalue weighted by Crippen LogP contribution is 2.28. The Bertz CT molecular complexity index is 759. The monoisotopic (exact) mass is 303 g/mol. The number of nitrogens with zero attached hydrogens (tertiary/aromatic N) is 5. The molecule has 0 radical (unpaired) electrons. The quantitative estimate of drug-likeness (QED) is 0.696. The van der Waals surface area contributed by atoms with Crippen LogP contribution < -0.4 is 0 Å². The highest BCUT2D eigenvalue weighted by molar-refractivity contribution is 6.16. The molecule has 0 N–H and O–H groups in total. The van der Waals surface area contributed by atoms with Gasteiger partial charge in [0.2, 0.25) is 0 Å². The SMILES string of the molecule is CCc1nn(C)c2c1nc(CCl)n2C(C)c1cccnc1. The molecule has 0 aliphatic carbocycles. The summed E-state index contributed by atoms with van der Waals surface area (Å²) in [6.07, 6.45) is 4.52. The fraction of sp³-hybridized carbons (Fsp3) is 0.400. The van der Waals surface area contributed by atoms with Crippen LogP contribution >= 0.6 is 11.6 Å². The first-order chi connectivity index (χ1) is 10.2. The van der Waals surface area contributed by atoms with Crippen LogP contribution in [0.2, 0.25) is 0 Å². The maximum absolute atomic E-state index is 6.11. The zero-order chi connectivity index (χ0) is 15.0. The lowest BCUT2D eigenvalue weighted by Gasteiger charge is -2.17. The van der Waals surface area contributed by atoms with Crippen LogP contribution in [0, 0.1) is 0 Å². The molecule has 1 atom stereocenters. The number of pyridine rings is 1. The first-order valence-electron chi connectivity index (χ1n) is 7.05. The largest absolute Gasteiger partial charge is 0.304 e. The molecule has 0 saturated carbocycles. The summed E-state index contributed by atoms with van der Waals surface area (Å²) in [6, 6.07) is 4.12. The maximum atomic E-state index is 6.11. The van der Waals surface area contributed by atoms with Crippen molar-refractivity contribution < 1.29 is 0 Å². The molecule has 0 amide bonds. The lowest BCUT2D eigenvalue weighted by Crippen LogP contribution is -2.12. The zero-order valence-corrected chi connectivity index (χ0v) is 13.2. The van der Waals surface area contributed by atoms with Crippen molar-refractivity contribution in [2.45, 2.75) is 32.2 Å². The third-order valence-electron chi connectivity index (χ3n) is 3.82. The molecule has 5 nitrogen and oxygen atoms in total. The summed E-state index contributed by atoms with van der Waals surface area (Å²) in [5, 5.41) is 4.56. The standard InChI is InChI=1S/C15H18ClN5/c1-4-12-14-15(20(3)19-12)21(13(8-16)18-14)10(2)11-6-5-7-17-9-11/h5-7,9-10H,4,8H2,1-3H3. The van der Waals surface area contributed by atoms with Crippen molar-refractivity contribution in [1.82, 2.24) is 24.3 Å². The lowest BCUT2D eigenvalue weighted by atomic mass is 10.1. The first kappa shape index (κ1) is 14.1. The average Bonchev–Trinajstić information content (AvgIpc) is 3.05. The van der Waals surface area contributed by atoms with Crippen molar-refractivity contribution in [2.75, 3.05) is 0 Å². The van der Waals surface area contributed by atoms with Gasteiger partial charge < -0.3 is 4.57 Å². The van der Waals surface area contributed by atoms with Crippen LogP contribution in [0.4, 0.5) is 0 Å². The molecule has 0 bridgehead atoms. The van der Waals surface area contributed by atoms with Gasteiger partial charge in [0.15, 0.2) is 5.65 Å². The molecular formula is C15H18ClN5. The smallest absolute Gasteiger partial charge is 0.159 e. The number of halogens is 1. The predicted molar refractivity (Wildman–Crippen MR) is 83.5 cm³/mol. The van der Waals surface area contributed by atoms with E-state index in [0.29, 0.717) is 5.88 Å². The molecule has 21 heavy (non-hydrogen) atoms. The van der Waals surface area contributed by atoms with Crippen molar-refractivity contribution in [1.29, 1.82) is 0 Å². The molecular weight excluding hydrogens is 286 g/mol. The van der Waals surface area contributed by atoms with Crippen molar-refractivity contribution >= 4 is 22.8 Å². The number of hydrogen-bond acceptors (Lipinski definition) is 3. The molecule has 3 aromatic heterocycles. The summed E-state index contributed by atoms with van der Waals surface area (Å²) in [7, 11) is 1.95. The third-order valence-corrected chi connectivity index (χ3v) is 4.06. The van der Waals surface area contributed by atoms with Gasteiger partial charge in [0.25, 0.3) is 0 Å². The Balaban J connectivity index is 2.23. The second-order valence-electron chi connectivity index (χ2n) is 5.09. The van der Waals surface area contributed by atoms with Gasteiger partial charge in [0, 0.05) is 19.4 Å². The Kier molecular flexibility index (Phi) is 3.68. The molecule has 1 unspecified atom stereocenters. The minimum Gasteiger partial charge on any atom is -0.304 e. The first-order valence-corrected chi connectivity index (χ1v) is 7.59. The van der Waals surface area contributed by atoms with Crippen LogP contribution in [-0.4, -0.2) is 24.3 Å². The molecule has 0 fully saturated rings. The summed E-state index contributed by atoms with van der Waals surface area (Å²) in [4.78, 5) is 8.90. The van der Waals surface area contributed by atoms with Crippen LogP contribution in [0.5, 0.6) is 0 Å². The summed E-state index contributed by atoms with van der Waals surface area (Å²) < 4.78 is 4.05. The van der Waals surface area contributed by atoms with E-state index in [9.17, 15) is 0 Å². The molecule has 3 aromatic rings. The van der Waals surface area contributed by atoms with E-state index >= 15 is 0 Å². The third kappa shape index (κ3) is 2.21. The van der Waals surface area contributed by atoms with Gasteiger partial charge in [-0.15, -0.1) is 11.6 Å². The number of rotatable bonds is 4. The Morgan fingerprint density at radius 3 is 2.81 bits per heavy atom. The van der Waals surface area contributed by atoms with E-state index in [-0.39, 0.29) is 6.04 Å². The van der Waals surface area contributed by atoms with E-state index in [1.807, 2.05) is 24.0 Å². The minimum absolute atomic E-state index is 0.109. The second kappa shape index (κ2) is 5.48. The molecule has 0 saturated heterocycles. The number of hydrogen-bond donors (Lipinski definition) is 0. The Morgan fingerprint density at radius 1 is 1.38 bits per heavy atom. The van der Waals surface area contributed by atoms with Crippen molar-refractivity contribution in [3.63, 3.8) is 0 Å². The van der Waals surface area contributed by atoms with E-state index in [2.05, 4.69) is 34.6 Å². The van der Waals surface area contributed by atoms with Crippen molar-refractivity contribution in [3.05, 3.63) is 41.6 Å². The summed E-state index contributed by atoms with van der Waals surface area (Å²) in [5.41, 5.74) is 4.10. The van der Waals surface area contributed by atoms with E-state index in [1.54, 1.807) is 6.20 Å². The van der Waals surface area contributed by atoms with Gasteiger partial charge in [0.1, 0.15) is 11.3 Å². The van der Waals surface area contributed by atoms with Gasteiger partial charge in [-0.25, -0.2) is 4.98 Å². The Hall–Kier alpha value is -1.88. The molecule has 0 aliphatic rings. The summed E-state index contributed by atoms with van der Waals surface area (Å²) in [6.45, 7) is 4.22. The molecule has 6 heteroatoms. The fourth-order valence-corrected chi connectivity index (χ4v) is 2.95. The highest BCUT2D eigenvalue weighted by atomic mass is 35.5. The van der Waals surface area contributed by atoms with E-state index in [1.165, 1.54) is 0 Å². The molecule has 3 rings (SSSR count). The van der Waals surface area contributed by atoms with E-state index in [0.717, 1.165) is 34.7 Å². The topological polar surface area (TPSA) is 48.5 Å². The number of aromatic nitrogens is 5. The normalized spacial score (nSPS) is 13.0. The van der Waals surface area contributed by atoms with Gasteiger partial charge in [-0.2, -0.15) is 5.10 Å². The van der Waals surface area contributed by atoms with Crippen LogP contribution in [0.1, 0.15) is 37.0 Å². The Morgan fingerprint density at radius 2 is 2.19 bits per heavy atom. The number of imidazole rings is 1. The maximum Gasteiger partial charge on any atom is 0.159 e. The molecule has 3 heterocycles. The van der Waals surface area contributed by atoms with Gasteiger partial charge in [0.05, 0.1) is 17.6 Å². The number of fused-ring (bicyclic) bond motifs is 1. The fourth-order valence-electron chi connectivity index (χ4n) is 2.76. The van der Waals surface area contributed by atoms with Crippen LogP contribution in [0.3, 0.4) is 0 Å². The molecule has 110 valence electrons. The van der Waals surface area contributed by atoms with Gasteiger partial charge in [-0.3, -0.25) is 9.67 Å². The highest BCUT2D eigenvalue weighted by Gasteiger charge is 2.22. The van der Waals surface area contributed by atoms with E-state index in [4.69, 9.17) is 16.6 Å². The van der Waals surface area contributed by atoms with Crippen LogP contribution in [0.25, 0.3) is 11.2 Å². The minimum atomic E-state index is 0.109. The molecule has 0 spiro atoms. The van der Waals surface area contributed by atoms with E-state index < -0.39 is 0 Å². The molecule has 0 aromatic carbocycles.